The molecule has 4 heteroatoms. The lowest BCUT2D eigenvalue weighted by atomic mass is 10.3. The zero-order valence-electron chi connectivity index (χ0n) is 8.73. The van der Waals surface area contributed by atoms with E-state index in [-0.39, 0.29) is 11.8 Å². The lowest BCUT2D eigenvalue weighted by molar-refractivity contribution is 0.415. The van der Waals surface area contributed by atoms with Gasteiger partial charge in [-0.2, -0.15) is 0 Å². The van der Waals surface area contributed by atoms with Crippen LogP contribution in [0.1, 0.15) is 12.5 Å². The van der Waals surface area contributed by atoms with Crippen molar-refractivity contribution in [3.05, 3.63) is 18.0 Å². The van der Waals surface area contributed by atoms with Crippen molar-refractivity contribution in [2.45, 2.75) is 19.5 Å². The van der Waals surface area contributed by atoms with Crippen molar-refractivity contribution >= 4 is 5.95 Å². The first-order valence-electron chi connectivity index (χ1n) is 5.49. The molecule has 0 bridgehead atoms. The molecule has 0 amide bonds. The van der Waals surface area contributed by atoms with Crippen LogP contribution in [0.15, 0.2) is 12.4 Å². The van der Waals surface area contributed by atoms with Crippen molar-refractivity contribution in [2.24, 2.45) is 11.8 Å². The molecule has 15 heavy (non-hydrogen) atoms. The minimum absolute atomic E-state index is 0.249. The lowest BCUT2D eigenvalue weighted by Gasteiger charge is -2.17. The molecule has 1 saturated carbocycles. The van der Waals surface area contributed by atoms with E-state index < -0.39 is 6.17 Å². The fourth-order valence-electron chi connectivity index (χ4n) is 2.31. The Hall–Kier alpha value is -1.19. The van der Waals surface area contributed by atoms with Crippen LogP contribution in [0.25, 0.3) is 0 Å². The summed E-state index contributed by atoms with van der Waals surface area (Å²) in [5.74, 6) is 1.26. The van der Waals surface area contributed by atoms with Crippen LogP contribution >= 0.6 is 0 Å². The van der Waals surface area contributed by atoms with E-state index in [9.17, 15) is 4.39 Å². The van der Waals surface area contributed by atoms with Crippen LogP contribution in [-0.4, -0.2) is 29.2 Å². The number of hydrogen-bond donors (Lipinski definition) is 0. The number of halogens is 1. The molecule has 1 aromatic heterocycles. The Morgan fingerprint density at radius 1 is 1.33 bits per heavy atom. The summed E-state index contributed by atoms with van der Waals surface area (Å²) in [6, 6.07) is 0. The van der Waals surface area contributed by atoms with Gasteiger partial charge in [0.25, 0.3) is 0 Å². The van der Waals surface area contributed by atoms with Gasteiger partial charge in [-0.25, -0.2) is 14.4 Å². The number of rotatable bonds is 2. The summed E-state index contributed by atoms with van der Waals surface area (Å²) < 4.78 is 13.0. The van der Waals surface area contributed by atoms with Gasteiger partial charge in [-0.3, -0.25) is 0 Å². The van der Waals surface area contributed by atoms with Gasteiger partial charge in [-0.15, -0.1) is 0 Å². The molecule has 1 aromatic rings. The van der Waals surface area contributed by atoms with E-state index in [2.05, 4.69) is 21.8 Å². The number of nitrogens with zero attached hydrogens (tertiary/aromatic N) is 3. The molecule has 80 valence electrons. The summed E-state index contributed by atoms with van der Waals surface area (Å²) in [5, 5.41) is 0. The van der Waals surface area contributed by atoms with E-state index in [1.807, 2.05) is 12.4 Å². The summed E-state index contributed by atoms with van der Waals surface area (Å²) in [7, 11) is 0. The predicted octanol–water partition coefficient (Wildman–Crippen LogP) is 1.44. The molecule has 1 unspecified atom stereocenters. The Balaban J connectivity index is 1.72. The molecule has 3 nitrogen and oxygen atoms in total. The molecule has 2 aliphatic rings. The summed E-state index contributed by atoms with van der Waals surface area (Å²) in [6.07, 6.45) is 4.12. The van der Waals surface area contributed by atoms with Crippen LogP contribution in [0, 0.1) is 11.8 Å². The molecule has 0 spiro atoms. The molecule has 1 saturated heterocycles. The van der Waals surface area contributed by atoms with Gasteiger partial charge >= 0.3 is 0 Å². The highest BCUT2D eigenvalue weighted by molar-refractivity contribution is 5.36. The van der Waals surface area contributed by atoms with Gasteiger partial charge in [0.15, 0.2) is 0 Å². The van der Waals surface area contributed by atoms with Crippen molar-refractivity contribution in [1.82, 2.24) is 9.97 Å². The highest BCUT2D eigenvalue weighted by Gasteiger charge is 2.57. The smallest absolute Gasteiger partial charge is 0.225 e. The highest BCUT2D eigenvalue weighted by Crippen LogP contribution is 2.48. The first-order valence-corrected chi connectivity index (χ1v) is 5.49. The fraction of sp³-hybridized carbons (Fsp3) is 0.636. The van der Waals surface area contributed by atoms with Gasteiger partial charge in [-0.1, -0.05) is 6.92 Å². The Morgan fingerprint density at radius 3 is 2.47 bits per heavy atom. The Bertz CT molecular complexity index is 353. The molecule has 2 fully saturated rings. The van der Waals surface area contributed by atoms with Gasteiger partial charge < -0.3 is 4.90 Å². The highest BCUT2D eigenvalue weighted by atomic mass is 19.1. The third-order valence-electron chi connectivity index (χ3n) is 3.47. The van der Waals surface area contributed by atoms with Crippen LogP contribution in [-0.2, 0) is 6.42 Å². The van der Waals surface area contributed by atoms with Crippen molar-refractivity contribution in [3.63, 3.8) is 0 Å². The largest absolute Gasteiger partial charge is 0.340 e. The van der Waals surface area contributed by atoms with Crippen LogP contribution < -0.4 is 4.90 Å². The zero-order chi connectivity index (χ0) is 10.4. The second-order valence-corrected chi connectivity index (χ2v) is 4.42. The molecule has 1 aliphatic carbocycles. The second-order valence-electron chi connectivity index (χ2n) is 4.42. The maximum atomic E-state index is 13.0. The Kier molecular flexibility index (Phi) is 1.90. The predicted molar refractivity (Wildman–Crippen MR) is 55.5 cm³/mol. The maximum absolute atomic E-state index is 13.0. The number of aryl methyl sites for hydroxylation is 1. The maximum Gasteiger partial charge on any atom is 0.225 e. The number of piperidine rings is 1. The van der Waals surface area contributed by atoms with Crippen molar-refractivity contribution in [1.29, 1.82) is 0 Å². The normalized spacial score (nSPS) is 32.9. The minimum atomic E-state index is -0.559. The van der Waals surface area contributed by atoms with Crippen LogP contribution in [0.2, 0.25) is 0 Å². The minimum Gasteiger partial charge on any atom is -0.340 e. The Labute approximate surface area is 88.3 Å². The monoisotopic (exact) mass is 207 g/mol. The zero-order valence-corrected chi connectivity index (χ0v) is 8.73. The van der Waals surface area contributed by atoms with Crippen molar-refractivity contribution < 1.29 is 4.39 Å². The average molecular weight is 207 g/mol. The molecule has 0 radical (unpaired) electrons. The van der Waals surface area contributed by atoms with E-state index in [1.54, 1.807) is 0 Å². The number of fused-ring (bicyclic) bond motifs is 1. The van der Waals surface area contributed by atoms with Crippen molar-refractivity contribution in [3.8, 4) is 0 Å². The van der Waals surface area contributed by atoms with Gasteiger partial charge in [-0.05, 0) is 12.0 Å². The van der Waals surface area contributed by atoms with Gasteiger partial charge in [0, 0.05) is 37.3 Å². The SMILES string of the molecule is CCc1cnc(N2C[C@@H]3C(F)[C@@H]3C2)nc1. The summed E-state index contributed by atoms with van der Waals surface area (Å²) in [4.78, 5) is 10.7. The van der Waals surface area contributed by atoms with E-state index in [0.717, 1.165) is 31.0 Å². The summed E-state index contributed by atoms with van der Waals surface area (Å²) in [5.41, 5.74) is 1.14. The molecular formula is C11H14FN3. The lowest BCUT2D eigenvalue weighted by Crippen LogP contribution is -2.26. The van der Waals surface area contributed by atoms with E-state index in [4.69, 9.17) is 0 Å². The fourth-order valence-corrected chi connectivity index (χ4v) is 2.31. The third-order valence-corrected chi connectivity index (χ3v) is 3.47. The topological polar surface area (TPSA) is 29.0 Å². The first-order chi connectivity index (χ1) is 7.29. The number of aromatic nitrogens is 2. The van der Waals surface area contributed by atoms with E-state index in [1.165, 1.54) is 0 Å². The third kappa shape index (κ3) is 1.39. The average Bonchev–Trinajstić information content (AvgIpc) is 2.74. The second kappa shape index (κ2) is 3.15. The molecule has 0 aromatic carbocycles. The quantitative estimate of drug-likeness (QED) is 0.735. The number of anilines is 1. The molecule has 3 rings (SSSR count). The summed E-state index contributed by atoms with van der Waals surface area (Å²) >= 11 is 0. The molecule has 1 aliphatic heterocycles. The molecule has 3 atom stereocenters. The summed E-state index contributed by atoms with van der Waals surface area (Å²) in [6.45, 7) is 3.66. The Morgan fingerprint density at radius 2 is 1.93 bits per heavy atom. The van der Waals surface area contributed by atoms with Gasteiger partial charge in [0.05, 0.1) is 0 Å². The van der Waals surface area contributed by atoms with Gasteiger partial charge in [0.1, 0.15) is 6.17 Å². The number of hydrogen-bond acceptors (Lipinski definition) is 3. The number of alkyl halides is 1. The molecule has 0 N–H and O–H groups in total. The standard InChI is InChI=1S/C11H14FN3/c1-2-7-3-13-11(14-4-7)15-5-8-9(6-15)10(8)12/h3-4,8-10H,2,5-6H2,1H3/t8-,9+,10?. The first kappa shape index (κ1) is 9.07. The van der Waals surface area contributed by atoms with E-state index >= 15 is 0 Å². The molecular weight excluding hydrogens is 193 g/mol. The molecule has 2 heterocycles. The van der Waals surface area contributed by atoms with E-state index in [0.29, 0.717) is 0 Å². The van der Waals surface area contributed by atoms with Gasteiger partial charge in [0.2, 0.25) is 5.95 Å². The van der Waals surface area contributed by atoms with Crippen LogP contribution in [0.4, 0.5) is 10.3 Å². The van der Waals surface area contributed by atoms with Crippen LogP contribution in [0.5, 0.6) is 0 Å². The van der Waals surface area contributed by atoms with Crippen molar-refractivity contribution in [2.75, 3.05) is 18.0 Å². The van der Waals surface area contributed by atoms with Crippen LogP contribution in [0.3, 0.4) is 0 Å².